The Kier molecular flexibility index (Phi) is 2.31. The normalized spacial score (nSPS) is 24.7. The highest BCUT2D eigenvalue weighted by atomic mass is 79.9. The summed E-state index contributed by atoms with van der Waals surface area (Å²) in [5.41, 5.74) is 0.514. The summed E-state index contributed by atoms with van der Waals surface area (Å²) in [5, 5.41) is 8.70. The molecule has 2 atom stereocenters. The topological polar surface area (TPSA) is 37.3 Å². The lowest BCUT2D eigenvalue weighted by molar-refractivity contribution is -0.138. The molecule has 1 fully saturated rings. The molecule has 2 nitrogen and oxygen atoms in total. The molecule has 0 saturated heterocycles. The van der Waals surface area contributed by atoms with Crippen molar-refractivity contribution in [1.82, 2.24) is 0 Å². The first-order chi connectivity index (χ1) is 6.59. The summed E-state index contributed by atoms with van der Waals surface area (Å²) < 4.78 is 14.0. The zero-order valence-electron chi connectivity index (χ0n) is 7.21. The second-order valence-electron chi connectivity index (χ2n) is 3.45. The molecule has 1 aromatic carbocycles. The van der Waals surface area contributed by atoms with E-state index in [1.807, 2.05) is 0 Å². The molecule has 0 unspecified atom stereocenters. The second-order valence-corrected chi connectivity index (χ2v) is 4.37. The fourth-order valence-corrected chi connectivity index (χ4v) is 1.95. The number of rotatable bonds is 2. The largest absolute Gasteiger partial charge is 0.481 e. The highest BCUT2D eigenvalue weighted by molar-refractivity contribution is 9.10. The SMILES string of the molecule is O=C(O)[C@@H]1C[C@@H]1c1ccc(Br)cc1F. The van der Waals surface area contributed by atoms with E-state index < -0.39 is 11.9 Å². The quantitative estimate of drug-likeness (QED) is 0.886. The number of hydrogen-bond donors (Lipinski definition) is 1. The predicted octanol–water partition coefficient (Wildman–Crippen LogP) is 2.78. The van der Waals surface area contributed by atoms with Crippen molar-refractivity contribution in [3.63, 3.8) is 0 Å². The lowest BCUT2D eigenvalue weighted by Gasteiger charge is -2.01. The summed E-state index contributed by atoms with van der Waals surface area (Å²) >= 11 is 3.15. The van der Waals surface area contributed by atoms with E-state index in [2.05, 4.69) is 15.9 Å². The van der Waals surface area contributed by atoms with Gasteiger partial charge in [0.15, 0.2) is 0 Å². The fourth-order valence-electron chi connectivity index (χ4n) is 1.61. The van der Waals surface area contributed by atoms with Gasteiger partial charge in [-0.05, 0) is 24.1 Å². The average Bonchev–Trinajstić information content (AvgIpc) is 2.83. The van der Waals surface area contributed by atoms with Crippen molar-refractivity contribution in [3.05, 3.63) is 34.1 Å². The van der Waals surface area contributed by atoms with Gasteiger partial charge in [-0.25, -0.2) is 4.39 Å². The van der Waals surface area contributed by atoms with E-state index >= 15 is 0 Å². The van der Waals surface area contributed by atoms with Crippen molar-refractivity contribution in [2.24, 2.45) is 5.92 Å². The molecule has 0 amide bonds. The van der Waals surface area contributed by atoms with E-state index in [1.165, 1.54) is 6.07 Å². The molecule has 1 saturated carbocycles. The monoisotopic (exact) mass is 258 g/mol. The van der Waals surface area contributed by atoms with Crippen LogP contribution in [0.2, 0.25) is 0 Å². The van der Waals surface area contributed by atoms with Crippen molar-refractivity contribution >= 4 is 21.9 Å². The first-order valence-electron chi connectivity index (χ1n) is 4.27. The molecule has 14 heavy (non-hydrogen) atoms. The molecule has 2 rings (SSSR count). The summed E-state index contributed by atoms with van der Waals surface area (Å²) in [4.78, 5) is 10.6. The van der Waals surface area contributed by atoms with Crippen LogP contribution in [-0.2, 0) is 4.79 Å². The third-order valence-electron chi connectivity index (χ3n) is 2.47. The maximum atomic E-state index is 13.4. The third kappa shape index (κ3) is 1.66. The molecule has 0 aliphatic heterocycles. The van der Waals surface area contributed by atoms with Crippen LogP contribution in [0.15, 0.2) is 22.7 Å². The Morgan fingerprint density at radius 3 is 2.79 bits per heavy atom. The molecule has 4 heteroatoms. The maximum absolute atomic E-state index is 13.4. The van der Waals surface area contributed by atoms with Gasteiger partial charge in [-0.2, -0.15) is 0 Å². The first kappa shape index (κ1) is 9.65. The molecule has 0 radical (unpaired) electrons. The number of aliphatic carboxylic acids is 1. The molecular weight excluding hydrogens is 251 g/mol. The summed E-state index contributed by atoms with van der Waals surface area (Å²) in [5.74, 6) is -1.70. The van der Waals surface area contributed by atoms with Crippen LogP contribution in [0.25, 0.3) is 0 Å². The molecule has 1 aliphatic rings. The smallest absolute Gasteiger partial charge is 0.307 e. The molecule has 0 heterocycles. The molecule has 0 spiro atoms. The van der Waals surface area contributed by atoms with E-state index in [9.17, 15) is 9.18 Å². The van der Waals surface area contributed by atoms with E-state index in [0.717, 1.165) is 0 Å². The van der Waals surface area contributed by atoms with Gasteiger partial charge in [-0.15, -0.1) is 0 Å². The van der Waals surface area contributed by atoms with Crippen molar-refractivity contribution in [2.75, 3.05) is 0 Å². The Hall–Kier alpha value is -0.900. The van der Waals surface area contributed by atoms with Gasteiger partial charge in [0.25, 0.3) is 0 Å². The van der Waals surface area contributed by atoms with Crippen LogP contribution in [0.1, 0.15) is 17.9 Å². The minimum Gasteiger partial charge on any atom is -0.481 e. The number of carbonyl (C=O) groups is 1. The molecule has 0 bridgehead atoms. The molecule has 74 valence electrons. The van der Waals surface area contributed by atoms with Crippen molar-refractivity contribution in [2.45, 2.75) is 12.3 Å². The van der Waals surface area contributed by atoms with Crippen molar-refractivity contribution < 1.29 is 14.3 Å². The highest BCUT2D eigenvalue weighted by Crippen LogP contribution is 2.48. The number of carboxylic acid groups (broad SMARTS) is 1. The Labute approximate surface area is 88.9 Å². The summed E-state index contributed by atoms with van der Waals surface area (Å²) in [6, 6.07) is 4.75. The zero-order valence-corrected chi connectivity index (χ0v) is 8.79. The Balaban J connectivity index is 2.23. The van der Waals surface area contributed by atoms with Gasteiger partial charge >= 0.3 is 5.97 Å². The van der Waals surface area contributed by atoms with E-state index in [4.69, 9.17) is 5.11 Å². The maximum Gasteiger partial charge on any atom is 0.307 e. The van der Waals surface area contributed by atoms with E-state index in [0.29, 0.717) is 16.5 Å². The van der Waals surface area contributed by atoms with Crippen LogP contribution in [-0.4, -0.2) is 11.1 Å². The molecule has 1 N–H and O–H groups in total. The van der Waals surface area contributed by atoms with E-state index in [1.54, 1.807) is 12.1 Å². The van der Waals surface area contributed by atoms with Crippen LogP contribution in [0.4, 0.5) is 4.39 Å². The van der Waals surface area contributed by atoms with Crippen LogP contribution in [0.3, 0.4) is 0 Å². The number of halogens is 2. The third-order valence-corrected chi connectivity index (χ3v) is 2.96. The molecular formula is C10H8BrFO2. The van der Waals surface area contributed by atoms with Gasteiger partial charge in [0.2, 0.25) is 0 Å². The van der Waals surface area contributed by atoms with Crippen LogP contribution in [0, 0.1) is 11.7 Å². The van der Waals surface area contributed by atoms with E-state index in [-0.39, 0.29) is 11.7 Å². The average molecular weight is 259 g/mol. The lowest BCUT2D eigenvalue weighted by atomic mass is 10.1. The van der Waals surface area contributed by atoms with Gasteiger partial charge in [0, 0.05) is 10.4 Å². The standard InChI is InChI=1S/C10H8BrFO2/c11-5-1-2-6(9(12)3-5)7-4-8(7)10(13)14/h1-3,7-8H,4H2,(H,13,14)/t7-,8-/m1/s1. The van der Waals surface area contributed by atoms with Crippen LogP contribution in [0.5, 0.6) is 0 Å². The Bertz CT molecular complexity index is 392. The second kappa shape index (κ2) is 3.35. The minimum atomic E-state index is -0.836. The summed E-state index contributed by atoms with van der Waals surface area (Å²) in [6.45, 7) is 0. The highest BCUT2D eigenvalue weighted by Gasteiger charge is 2.45. The Morgan fingerprint density at radius 2 is 2.29 bits per heavy atom. The number of hydrogen-bond acceptors (Lipinski definition) is 1. The Morgan fingerprint density at radius 1 is 1.57 bits per heavy atom. The van der Waals surface area contributed by atoms with Crippen molar-refractivity contribution in [1.29, 1.82) is 0 Å². The fraction of sp³-hybridized carbons (Fsp3) is 0.300. The van der Waals surface area contributed by atoms with Gasteiger partial charge in [-0.1, -0.05) is 22.0 Å². The van der Waals surface area contributed by atoms with Gasteiger partial charge in [-0.3, -0.25) is 4.79 Å². The minimum absolute atomic E-state index is 0.138. The first-order valence-corrected chi connectivity index (χ1v) is 5.06. The zero-order chi connectivity index (χ0) is 10.3. The van der Waals surface area contributed by atoms with Crippen LogP contribution >= 0.6 is 15.9 Å². The summed E-state index contributed by atoms with van der Waals surface area (Å²) in [6.07, 6.45) is 0.549. The van der Waals surface area contributed by atoms with Crippen molar-refractivity contribution in [3.8, 4) is 0 Å². The molecule has 0 aromatic heterocycles. The number of benzene rings is 1. The predicted molar refractivity (Wildman–Crippen MR) is 52.6 cm³/mol. The number of carboxylic acids is 1. The van der Waals surface area contributed by atoms with Crippen LogP contribution < -0.4 is 0 Å². The molecule has 1 aromatic rings. The molecule has 1 aliphatic carbocycles. The summed E-state index contributed by atoms with van der Waals surface area (Å²) in [7, 11) is 0. The van der Waals surface area contributed by atoms with Gasteiger partial charge in [0.1, 0.15) is 5.82 Å². The van der Waals surface area contributed by atoms with Gasteiger partial charge in [0.05, 0.1) is 5.92 Å². The van der Waals surface area contributed by atoms with Gasteiger partial charge < -0.3 is 5.11 Å². The lowest BCUT2D eigenvalue weighted by Crippen LogP contribution is -1.99.